The number of likely N-dealkylation sites (tertiary alicyclic amines) is 1. The van der Waals surface area contributed by atoms with E-state index >= 15 is 0 Å². The molecule has 182 valence electrons. The van der Waals surface area contributed by atoms with Crippen LogP contribution in [0.15, 0.2) is 30.3 Å². The van der Waals surface area contributed by atoms with Crippen molar-refractivity contribution in [3.05, 3.63) is 35.9 Å². The van der Waals surface area contributed by atoms with Crippen LogP contribution in [0.3, 0.4) is 0 Å². The fourth-order valence-electron chi connectivity index (χ4n) is 3.83. The van der Waals surface area contributed by atoms with Gasteiger partial charge in [0.2, 0.25) is 5.91 Å². The highest BCUT2D eigenvalue weighted by atomic mass is 32.2. The van der Waals surface area contributed by atoms with Crippen molar-refractivity contribution in [2.75, 3.05) is 18.8 Å². The minimum atomic E-state index is -4.53. The zero-order valence-electron chi connectivity index (χ0n) is 18.3. The highest BCUT2D eigenvalue weighted by molar-refractivity contribution is 7.85. The Morgan fingerprint density at radius 2 is 1.73 bits per heavy atom. The first-order valence-corrected chi connectivity index (χ1v) is 12.5. The van der Waals surface area contributed by atoms with E-state index in [4.69, 9.17) is 5.11 Å². The average Bonchev–Trinajstić information content (AvgIpc) is 3.20. The number of ketones is 2. The number of benzene rings is 1. The molecule has 0 radical (unpaired) electrons. The Kier molecular flexibility index (Phi) is 10.1. The molecule has 33 heavy (non-hydrogen) atoms. The predicted molar refractivity (Wildman–Crippen MR) is 119 cm³/mol. The highest BCUT2D eigenvalue weighted by Gasteiger charge is 2.35. The van der Waals surface area contributed by atoms with E-state index in [2.05, 4.69) is 5.32 Å². The molecule has 1 aromatic carbocycles. The molecule has 0 aliphatic carbocycles. The van der Waals surface area contributed by atoms with Gasteiger partial charge in [-0.05, 0) is 32.2 Å². The molecule has 1 fully saturated rings. The van der Waals surface area contributed by atoms with Gasteiger partial charge < -0.3 is 10.4 Å². The molecule has 1 aliphatic rings. The van der Waals surface area contributed by atoms with Gasteiger partial charge >= 0.3 is 5.97 Å². The molecule has 3 N–H and O–H groups in total. The van der Waals surface area contributed by atoms with Crippen molar-refractivity contribution in [3.8, 4) is 0 Å². The van der Waals surface area contributed by atoms with Crippen LogP contribution in [0.5, 0.6) is 0 Å². The summed E-state index contributed by atoms with van der Waals surface area (Å²) >= 11 is 0. The third-order valence-corrected chi connectivity index (χ3v) is 6.26. The second-order valence-electron chi connectivity index (χ2n) is 8.15. The molecule has 0 spiro atoms. The number of amides is 1. The number of aliphatic carboxylic acids is 1. The SMILES string of the molecule is O=C(O)CCCCCC(=O)C(CS(=O)(=O)O)NC(=O)C1CCCN1CC(=O)c1ccccc1. The van der Waals surface area contributed by atoms with Crippen LogP contribution in [0.25, 0.3) is 0 Å². The number of nitrogens with one attached hydrogen (secondary N) is 1. The molecule has 1 saturated heterocycles. The Bertz CT molecular complexity index is 948. The maximum Gasteiger partial charge on any atom is 0.303 e. The number of hydrogen-bond acceptors (Lipinski definition) is 7. The Labute approximate surface area is 193 Å². The van der Waals surface area contributed by atoms with Gasteiger partial charge in [-0.3, -0.25) is 28.6 Å². The lowest BCUT2D eigenvalue weighted by atomic mass is 10.0. The van der Waals surface area contributed by atoms with Crippen LogP contribution in [0.1, 0.15) is 55.3 Å². The number of carboxylic acids is 1. The lowest BCUT2D eigenvalue weighted by molar-refractivity contribution is -0.137. The predicted octanol–water partition coefficient (Wildman–Crippen LogP) is 1.31. The Morgan fingerprint density at radius 3 is 2.36 bits per heavy atom. The summed E-state index contributed by atoms with van der Waals surface area (Å²) in [5.41, 5.74) is 0.519. The number of unbranched alkanes of at least 4 members (excludes halogenated alkanes) is 2. The first-order valence-electron chi connectivity index (χ1n) is 10.9. The summed E-state index contributed by atoms with van der Waals surface area (Å²) < 4.78 is 32.0. The monoisotopic (exact) mass is 482 g/mol. The second kappa shape index (κ2) is 12.6. The zero-order chi connectivity index (χ0) is 24.4. The third kappa shape index (κ3) is 9.40. The van der Waals surface area contributed by atoms with Crippen LogP contribution in [0.4, 0.5) is 0 Å². The van der Waals surface area contributed by atoms with Gasteiger partial charge in [0, 0.05) is 18.4 Å². The summed E-state index contributed by atoms with van der Waals surface area (Å²) in [6, 6.07) is 6.55. The smallest absolute Gasteiger partial charge is 0.303 e. The minimum absolute atomic E-state index is 0.0165. The molecule has 1 amide bonds. The van der Waals surface area contributed by atoms with Crippen molar-refractivity contribution >= 4 is 33.6 Å². The molecular formula is C22H30N2O8S. The quantitative estimate of drug-likeness (QED) is 0.202. The molecule has 2 rings (SSSR count). The van der Waals surface area contributed by atoms with E-state index in [1.807, 2.05) is 0 Å². The summed E-state index contributed by atoms with van der Waals surface area (Å²) in [7, 11) is -4.53. The van der Waals surface area contributed by atoms with Crippen LogP contribution in [-0.4, -0.2) is 77.3 Å². The van der Waals surface area contributed by atoms with Gasteiger partial charge in [-0.25, -0.2) is 0 Å². The van der Waals surface area contributed by atoms with Gasteiger partial charge in [-0.15, -0.1) is 0 Å². The molecule has 2 unspecified atom stereocenters. The Balaban J connectivity index is 1.97. The van der Waals surface area contributed by atoms with Gasteiger partial charge in [0.05, 0.1) is 12.6 Å². The number of hydrogen-bond donors (Lipinski definition) is 3. The Hall–Kier alpha value is -2.63. The van der Waals surface area contributed by atoms with Gasteiger partial charge in [0.15, 0.2) is 11.6 Å². The van der Waals surface area contributed by atoms with Crippen molar-refractivity contribution in [3.63, 3.8) is 0 Å². The lowest BCUT2D eigenvalue weighted by Gasteiger charge is -2.25. The largest absolute Gasteiger partial charge is 0.481 e. The maximum atomic E-state index is 12.9. The van der Waals surface area contributed by atoms with E-state index in [1.165, 1.54) is 0 Å². The number of nitrogens with zero attached hydrogens (tertiary/aromatic N) is 1. The molecular weight excluding hydrogens is 452 g/mol. The molecule has 0 aromatic heterocycles. The van der Waals surface area contributed by atoms with E-state index in [9.17, 15) is 32.1 Å². The number of carbonyl (C=O) groups is 4. The van der Waals surface area contributed by atoms with E-state index in [0.29, 0.717) is 44.2 Å². The second-order valence-corrected chi connectivity index (χ2v) is 9.65. The van der Waals surface area contributed by atoms with Crippen LogP contribution in [0, 0.1) is 0 Å². The summed E-state index contributed by atoms with van der Waals surface area (Å²) in [5, 5.41) is 11.1. The van der Waals surface area contributed by atoms with Crippen molar-refractivity contribution in [2.24, 2.45) is 0 Å². The van der Waals surface area contributed by atoms with E-state index < -0.39 is 45.6 Å². The first-order chi connectivity index (χ1) is 15.6. The molecule has 2 atom stereocenters. The number of carbonyl (C=O) groups excluding carboxylic acids is 3. The Morgan fingerprint density at radius 1 is 1.06 bits per heavy atom. The lowest BCUT2D eigenvalue weighted by Crippen LogP contribution is -2.52. The molecule has 0 bridgehead atoms. The topological polar surface area (TPSA) is 158 Å². The summed E-state index contributed by atoms with van der Waals surface area (Å²) in [6.07, 6.45) is 2.22. The molecule has 11 heteroatoms. The van der Waals surface area contributed by atoms with Crippen molar-refractivity contribution < 1.29 is 37.3 Å². The zero-order valence-corrected chi connectivity index (χ0v) is 19.1. The average molecular weight is 483 g/mol. The molecule has 0 saturated carbocycles. The van der Waals surface area contributed by atoms with Crippen LogP contribution in [0.2, 0.25) is 0 Å². The van der Waals surface area contributed by atoms with Gasteiger partial charge in [0.1, 0.15) is 11.8 Å². The number of rotatable bonds is 14. The molecule has 1 aromatic rings. The fourth-order valence-corrected chi connectivity index (χ4v) is 4.52. The number of carboxylic acid groups (broad SMARTS) is 1. The fraction of sp³-hybridized carbons (Fsp3) is 0.545. The summed E-state index contributed by atoms with van der Waals surface area (Å²) in [6.45, 7) is 0.528. The third-order valence-electron chi connectivity index (χ3n) is 5.51. The van der Waals surface area contributed by atoms with Crippen LogP contribution < -0.4 is 5.32 Å². The molecule has 1 heterocycles. The molecule has 10 nitrogen and oxygen atoms in total. The van der Waals surface area contributed by atoms with E-state index in [-0.39, 0.29) is 25.2 Å². The normalized spacial score (nSPS) is 17.4. The van der Waals surface area contributed by atoms with E-state index in [1.54, 1.807) is 35.2 Å². The standard InChI is InChI=1S/C22H30N2O8S/c25-19(11-5-2-6-12-21(27)28)17(15-33(30,31)32)23-22(29)18-10-7-13-24(18)14-20(26)16-8-3-1-4-9-16/h1,3-4,8-9,17-18H,2,5-7,10-15H2,(H,23,29)(H,27,28)(H,30,31,32). The van der Waals surface area contributed by atoms with Gasteiger partial charge in [-0.2, -0.15) is 8.42 Å². The first kappa shape index (κ1) is 26.6. The highest BCUT2D eigenvalue weighted by Crippen LogP contribution is 2.19. The summed E-state index contributed by atoms with van der Waals surface area (Å²) in [4.78, 5) is 50.2. The van der Waals surface area contributed by atoms with Crippen LogP contribution in [-0.2, 0) is 24.5 Å². The van der Waals surface area contributed by atoms with Gasteiger partial charge in [-0.1, -0.05) is 36.8 Å². The molecule has 1 aliphatic heterocycles. The van der Waals surface area contributed by atoms with Crippen molar-refractivity contribution in [1.82, 2.24) is 10.2 Å². The summed E-state index contributed by atoms with van der Waals surface area (Å²) in [5.74, 6) is -3.16. The van der Waals surface area contributed by atoms with Crippen molar-refractivity contribution in [2.45, 2.75) is 57.0 Å². The number of Topliss-reactive ketones (excluding diaryl/α,β-unsaturated/α-hetero) is 2. The van der Waals surface area contributed by atoms with Crippen molar-refractivity contribution in [1.29, 1.82) is 0 Å². The van der Waals surface area contributed by atoms with Crippen LogP contribution >= 0.6 is 0 Å². The maximum absolute atomic E-state index is 12.9. The van der Waals surface area contributed by atoms with E-state index in [0.717, 1.165) is 0 Å². The van der Waals surface area contributed by atoms with Gasteiger partial charge in [0.25, 0.3) is 10.1 Å². The minimum Gasteiger partial charge on any atom is -0.481 e.